The molecule has 0 bridgehead atoms. The van der Waals surface area contributed by atoms with Crippen molar-refractivity contribution in [2.75, 3.05) is 26.4 Å². The number of esters is 1. The van der Waals surface area contributed by atoms with Gasteiger partial charge in [0.05, 0.1) is 19.8 Å². The molecule has 66 heavy (non-hydrogen) atoms. The van der Waals surface area contributed by atoms with Crippen molar-refractivity contribution in [1.29, 1.82) is 0 Å². The fraction of sp³-hybridized carbons (Fsp3) is 0.679. The third kappa shape index (κ3) is 36.1. The predicted octanol–water partition coefficient (Wildman–Crippen LogP) is 11.4. The molecule has 0 spiro atoms. The monoisotopic (exact) mass is 949 g/mol. The summed E-state index contributed by atoms with van der Waals surface area (Å²) < 4.78 is 59.1. The number of aliphatic hydroxyl groups is 3. The highest BCUT2D eigenvalue weighted by molar-refractivity contribution is 7.80. The summed E-state index contributed by atoms with van der Waals surface area (Å²) in [6.45, 7) is 3.74. The zero-order valence-electron chi connectivity index (χ0n) is 40.5. The average molecular weight is 949 g/mol. The molecule has 0 amide bonds. The Hall–Kier alpha value is -2.98. The van der Waals surface area contributed by atoms with Crippen molar-refractivity contribution in [1.82, 2.24) is 0 Å². The van der Waals surface area contributed by atoms with E-state index < -0.39 is 59.8 Å². The van der Waals surface area contributed by atoms with Crippen LogP contribution in [0.15, 0.2) is 97.2 Å². The van der Waals surface area contributed by atoms with Crippen LogP contribution in [0.1, 0.15) is 168 Å². The lowest BCUT2D eigenvalue weighted by atomic mass is 9.99. The molecule has 1 saturated heterocycles. The van der Waals surface area contributed by atoms with Gasteiger partial charge < -0.3 is 34.3 Å². The molecule has 1 aliphatic heterocycles. The van der Waals surface area contributed by atoms with E-state index in [1.165, 1.54) is 19.3 Å². The van der Waals surface area contributed by atoms with Crippen LogP contribution in [0.4, 0.5) is 0 Å². The molecule has 0 aromatic heterocycles. The molecule has 0 aromatic carbocycles. The molecule has 1 fully saturated rings. The van der Waals surface area contributed by atoms with Crippen molar-refractivity contribution in [2.45, 2.75) is 205 Å². The first-order chi connectivity index (χ1) is 32.1. The lowest BCUT2D eigenvalue weighted by molar-refractivity contribution is -0.301. The lowest BCUT2D eigenvalue weighted by Gasteiger charge is -2.41. The summed E-state index contributed by atoms with van der Waals surface area (Å²) in [7, 11) is -5.07. The molecule has 1 aliphatic rings. The second-order valence-electron chi connectivity index (χ2n) is 16.7. The molecule has 1 heterocycles. The van der Waals surface area contributed by atoms with Crippen LogP contribution in [0, 0.1) is 0 Å². The Bertz CT molecular complexity index is 1520. The van der Waals surface area contributed by atoms with Crippen LogP contribution in [0.25, 0.3) is 0 Å². The summed E-state index contributed by atoms with van der Waals surface area (Å²) in [5, 5.41) is 30.7. The Morgan fingerprint density at radius 3 is 1.53 bits per heavy atom. The summed E-state index contributed by atoms with van der Waals surface area (Å²) in [4.78, 5) is 12.9. The van der Waals surface area contributed by atoms with Crippen LogP contribution in [0.2, 0.25) is 0 Å². The SMILES string of the molecule is CC/C=C\C/C=C\C/C=C\C/C=C\C/C=C\C/C=C\CCCCCCCCCOCC(COC1OC(CO)C(O)C(OS(=O)(=O)O)C1O)OC(=O)CCCCCCC/C=C\C/C=C\CCC. The summed E-state index contributed by atoms with van der Waals surface area (Å²) >= 11 is 0. The Morgan fingerprint density at radius 1 is 0.591 bits per heavy atom. The van der Waals surface area contributed by atoms with Crippen molar-refractivity contribution >= 4 is 16.4 Å². The molecule has 12 nitrogen and oxygen atoms in total. The largest absolute Gasteiger partial charge is 0.457 e. The van der Waals surface area contributed by atoms with Crippen LogP contribution < -0.4 is 0 Å². The van der Waals surface area contributed by atoms with E-state index in [1.54, 1.807) is 0 Å². The topological polar surface area (TPSA) is 178 Å². The minimum atomic E-state index is -5.07. The quantitative estimate of drug-likeness (QED) is 0.0197. The van der Waals surface area contributed by atoms with Crippen molar-refractivity contribution in [3.63, 3.8) is 0 Å². The standard InChI is InChI=1S/C53H88O12S/c1-3-5-7-9-11-13-15-17-18-19-20-21-22-23-24-25-26-27-28-29-31-33-35-37-39-41-43-61-45-47(46-62-53-51(57)52(65-66(58,59)60)50(56)48(44-54)64-53)63-49(55)42-40-38-36-34-32-30-16-14-12-10-8-6-4-2/h5,7-8,10-11,13-14,16-18,20-21,23-24,26-27,47-48,50-54,56-57H,3-4,6,9,12,15,19,22,25,28-46H2,1-2H3,(H,58,59,60)/b7-5-,10-8-,13-11-,16-14-,18-17-,21-20-,24-23-,27-26-. The Kier molecular flexibility index (Phi) is 40.1. The molecule has 1 rings (SSSR count). The number of rotatable bonds is 42. The van der Waals surface area contributed by atoms with Crippen LogP contribution in [-0.2, 0) is 38.3 Å². The van der Waals surface area contributed by atoms with E-state index in [0.29, 0.717) is 13.0 Å². The Morgan fingerprint density at radius 2 is 1.05 bits per heavy atom. The minimum Gasteiger partial charge on any atom is -0.457 e. The number of hydrogen-bond donors (Lipinski definition) is 4. The first-order valence-corrected chi connectivity index (χ1v) is 26.4. The number of carbonyl (C=O) groups is 1. The van der Waals surface area contributed by atoms with Gasteiger partial charge in [-0.1, -0.05) is 169 Å². The van der Waals surface area contributed by atoms with Crippen LogP contribution >= 0.6 is 0 Å². The van der Waals surface area contributed by atoms with E-state index >= 15 is 0 Å². The fourth-order valence-corrected chi connectivity index (χ4v) is 7.46. The highest BCUT2D eigenvalue weighted by Gasteiger charge is 2.48. The predicted molar refractivity (Wildman–Crippen MR) is 266 cm³/mol. The fourth-order valence-electron chi connectivity index (χ4n) is 6.95. The minimum absolute atomic E-state index is 0.0159. The zero-order chi connectivity index (χ0) is 48.2. The third-order valence-electron chi connectivity index (χ3n) is 10.7. The van der Waals surface area contributed by atoms with Gasteiger partial charge in [-0.05, 0) is 89.9 Å². The molecular formula is C53H88O12S. The third-order valence-corrected chi connectivity index (χ3v) is 11.1. The molecule has 0 saturated carbocycles. The van der Waals surface area contributed by atoms with Gasteiger partial charge >= 0.3 is 16.4 Å². The number of ether oxygens (including phenoxy) is 4. The van der Waals surface area contributed by atoms with Crippen molar-refractivity contribution < 1.29 is 56.2 Å². The van der Waals surface area contributed by atoms with Gasteiger partial charge in [0.15, 0.2) is 6.29 Å². The van der Waals surface area contributed by atoms with E-state index in [9.17, 15) is 33.1 Å². The molecule has 6 unspecified atom stereocenters. The summed E-state index contributed by atoms with van der Waals surface area (Å²) in [5.41, 5.74) is 0. The van der Waals surface area contributed by atoms with Crippen LogP contribution in [0.3, 0.4) is 0 Å². The Labute approximate surface area is 399 Å². The lowest BCUT2D eigenvalue weighted by Crippen LogP contribution is -2.60. The number of unbranched alkanes of at least 4 members (excludes halogenated alkanes) is 13. The highest BCUT2D eigenvalue weighted by atomic mass is 32.3. The molecule has 0 aromatic rings. The normalized spacial score (nSPS) is 20.4. The maximum Gasteiger partial charge on any atom is 0.397 e. The number of carbonyl (C=O) groups excluding carboxylic acids is 1. The van der Waals surface area contributed by atoms with E-state index in [-0.39, 0.29) is 19.6 Å². The zero-order valence-corrected chi connectivity index (χ0v) is 41.3. The van der Waals surface area contributed by atoms with Crippen LogP contribution in [0.5, 0.6) is 0 Å². The maximum absolute atomic E-state index is 12.9. The van der Waals surface area contributed by atoms with Gasteiger partial charge in [-0.2, -0.15) is 8.42 Å². The molecule has 0 aliphatic carbocycles. The Balaban J connectivity index is 2.36. The molecule has 13 heteroatoms. The molecule has 4 N–H and O–H groups in total. The second-order valence-corrected chi connectivity index (χ2v) is 17.7. The van der Waals surface area contributed by atoms with Gasteiger partial charge in [0.1, 0.15) is 30.5 Å². The second kappa shape index (κ2) is 43.3. The van der Waals surface area contributed by atoms with Gasteiger partial charge in [0.25, 0.3) is 0 Å². The average Bonchev–Trinajstić information content (AvgIpc) is 3.29. The van der Waals surface area contributed by atoms with E-state index in [0.717, 1.165) is 122 Å². The first kappa shape index (κ1) is 61.0. The summed E-state index contributed by atoms with van der Waals surface area (Å²) in [6.07, 6.45) is 50.1. The summed E-state index contributed by atoms with van der Waals surface area (Å²) in [5.74, 6) is -0.423. The van der Waals surface area contributed by atoms with Crippen LogP contribution in [-0.4, -0.2) is 97.5 Å². The van der Waals surface area contributed by atoms with Gasteiger partial charge in [0, 0.05) is 13.0 Å². The molecule has 6 atom stereocenters. The first-order valence-electron chi connectivity index (χ1n) is 25.0. The van der Waals surface area contributed by atoms with Gasteiger partial charge in [0.2, 0.25) is 0 Å². The van der Waals surface area contributed by atoms with E-state index in [2.05, 4.69) is 115 Å². The van der Waals surface area contributed by atoms with Crippen molar-refractivity contribution in [2.24, 2.45) is 0 Å². The van der Waals surface area contributed by atoms with Gasteiger partial charge in [-0.3, -0.25) is 9.35 Å². The molecule has 378 valence electrons. The number of aliphatic hydroxyl groups excluding tert-OH is 3. The highest BCUT2D eigenvalue weighted by Crippen LogP contribution is 2.26. The smallest absolute Gasteiger partial charge is 0.397 e. The van der Waals surface area contributed by atoms with E-state index in [1.807, 2.05) is 0 Å². The summed E-state index contributed by atoms with van der Waals surface area (Å²) in [6, 6.07) is 0. The molecular weight excluding hydrogens is 861 g/mol. The number of allylic oxidation sites excluding steroid dienone is 16. The van der Waals surface area contributed by atoms with Gasteiger partial charge in [-0.15, -0.1) is 0 Å². The van der Waals surface area contributed by atoms with Crippen molar-refractivity contribution in [3.8, 4) is 0 Å². The number of hydrogen-bond acceptors (Lipinski definition) is 11. The maximum atomic E-state index is 12.9. The van der Waals surface area contributed by atoms with Gasteiger partial charge in [-0.25, -0.2) is 4.18 Å². The molecule has 0 radical (unpaired) electrons. The van der Waals surface area contributed by atoms with Crippen molar-refractivity contribution in [3.05, 3.63) is 97.2 Å². The van der Waals surface area contributed by atoms with E-state index in [4.69, 9.17) is 18.9 Å².